The number of methoxy groups -OCH3 is 2. The van der Waals surface area contributed by atoms with E-state index in [1.54, 1.807) is 26.4 Å². The molecule has 0 atom stereocenters. The van der Waals surface area contributed by atoms with Gasteiger partial charge in [-0.25, -0.2) is 0 Å². The second-order valence-corrected chi connectivity index (χ2v) is 5.16. The summed E-state index contributed by atoms with van der Waals surface area (Å²) in [7, 11) is 3.20. The minimum Gasteiger partial charge on any atom is -0.497 e. The van der Waals surface area contributed by atoms with Gasteiger partial charge in [-0.05, 0) is 31.0 Å². The summed E-state index contributed by atoms with van der Waals surface area (Å²) in [5.74, 6) is 1.51. The lowest BCUT2D eigenvalue weighted by Gasteiger charge is -2.23. The summed E-state index contributed by atoms with van der Waals surface area (Å²) in [4.78, 5) is 12.7. The number of carbonyl (C=O) groups excluding carboxylic acids is 1. The molecule has 0 aliphatic heterocycles. The zero-order chi connectivity index (χ0) is 13.2. The molecule has 3 nitrogen and oxygen atoms in total. The highest BCUT2D eigenvalue weighted by molar-refractivity contribution is 6.03. The van der Waals surface area contributed by atoms with Gasteiger partial charge in [-0.15, -0.1) is 0 Å². The van der Waals surface area contributed by atoms with E-state index in [0.29, 0.717) is 17.1 Å². The van der Waals surface area contributed by atoms with Crippen LogP contribution in [-0.4, -0.2) is 20.0 Å². The van der Waals surface area contributed by atoms with Crippen molar-refractivity contribution in [1.29, 1.82) is 0 Å². The molecule has 0 saturated heterocycles. The van der Waals surface area contributed by atoms with Crippen LogP contribution >= 0.6 is 0 Å². The van der Waals surface area contributed by atoms with E-state index in [9.17, 15) is 4.79 Å². The smallest absolute Gasteiger partial charge is 0.172 e. The molecular formula is C15H20O3. The van der Waals surface area contributed by atoms with Crippen molar-refractivity contribution in [2.75, 3.05) is 14.2 Å². The summed E-state index contributed by atoms with van der Waals surface area (Å²) < 4.78 is 10.5. The number of hydrogen-bond acceptors (Lipinski definition) is 3. The number of carbonyl (C=O) groups is 1. The van der Waals surface area contributed by atoms with Crippen LogP contribution in [0.25, 0.3) is 0 Å². The molecule has 0 heterocycles. The Morgan fingerprint density at radius 3 is 2.39 bits per heavy atom. The van der Waals surface area contributed by atoms with Gasteiger partial charge in [-0.2, -0.15) is 0 Å². The average molecular weight is 248 g/mol. The Morgan fingerprint density at radius 1 is 1.17 bits per heavy atom. The minimum atomic E-state index is -0.236. The van der Waals surface area contributed by atoms with Crippen molar-refractivity contribution in [3.05, 3.63) is 23.8 Å². The van der Waals surface area contributed by atoms with Gasteiger partial charge in [0.2, 0.25) is 0 Å². The molecule has 18 heavy (non-hydrogen) atoms. The average Bonchev–Trinajstić information content (AvgIpc) is 2.85. The number of hydrogen-bond donors (Lipinski definition) is 0. The van der Waals surface area contributed by atoms with Crippen molar-refractivity contribution in [3.63, 3.8) is 0 Å². The first-order chi connectivity index (χ1) is 8.60. The quantitative estimate of drug-likeness (QED) is 0.765. The molecular weight excluding hydrogens is 228 g/mol. The fourth-order valence-corrected chi connectivity index (χ4v) is 2.70. The van der Waals surface area contributed by atoms with Gasteiger partial charge in [0.1, 0.15) is 11.5 Å². The maximum Gasteiger partial charge on any atom is 0.172 e. The summed E-state index contributed by atoms with van der Waals surface area (Å²) in [5.41, 5.74) is 0.404. The molecule has 1 aromatic rings. The zero-order valence-corrected chi connectivity index (χ0v) is 11.3. The first kappa shape index (κ1) is 12.9. The molecule has 3 heteroatoms. The van der Waals surface area contributed by atoms with Crippen LogP contribution in [0, 0.1) is 5.41 Å². The maximum atomic E-state index is 12.7. The Morgan fingerprint density at radius 2 is 1.83 bits per heavy atom. The van der Waals surface area contributed by atoms with E-state index in [0.717, 1.165) is 25.7 Å². The number of ketones is 1. The first-order valence-corrected chi connectivity index (χ1v) is 6.37. The highest BCUT2D eigenvalue weighted by atomic mass is 16.5. The van der Waals surface area contributed by atoms with Crippen molar-refractivity contribution in [3.8, 4) is 11.5 Å². The second kappa shape index (κ2) is 5.01. The lowest BCUT2D eigenvalue weighted by Crippen LogP contribution is -2.24. The van der Waals surface area contributed by atoms with Crippen molar-refractivity contribution in [2.45, 2.75) is 32.6 Å². The van der Waals surface area contributed by atoms with Crippen LogP contribution in [0.2, 0.25) is 0 Å². The Labute approximate surface area is 108 Å². The Kier molecular flexibility index (Phi) is 3.60. The summed E-state index contributed by atoms with van der Waals surface area (Å²) in [6.07, 6.45) is 4.20. The second-order valence-electron chi connectivity index (χ2n) is 5.16. The van der Waals surface area contributed by atoms with E-state index in [2.05, 4.69) is 6.92 Å². The maximum absolute atomic E-state index is 12.7. The third-order valence-electron chi connectivity index (χ3n) is 3.91. The molecule has 0 spiro atoms. The van der Waals surface area contributed by atoms with Gasteiger partial charge < -0.3 is 9.47 Å². The molecule has 1 fully saturated rings. The van der Waals surface area contributed by atoms with E-state index >= 15 is 0 Å². The van der Waals surface area contributed by atoms with E-state index in [4.69, 9.17) is 9.47 Å². The van der Waals surface area contributed by atoms with Crippen LogP contribution in [0.15, 0.2) is 18.2 Å². The first-order valence-electron chi connectivity index (χ1n) is 6.37. The lowest BCUT2D eigenvalue weighted by atomic mass is 9.80. The summed E-state index contributed by atoms with van der Waals surface area (Å²) >= 11 is 0. The largest absolute Gasteiger partial charge is 0.497 e. The van der Waals surface area contributed by atoms with Crippen LogP contribution in [0.5, 0.6) is 11.5 Å². The van der Waals surface area contributed by atoms with Gasteiger partial charge >= 0.3 is 0 Å². The van der Waals surface area contributed by atoms with Crippen molar-refractivity contribution >= 4 is 5.78 Å². The van der Waals surface area contributed by atoms with E-state index in [-0.39, 0.29) is 11.2 Å². The number of rotatable bonds is 4. The van der Waals surface area contributed by atoms with Crippen LogP contribution < -0.4 is 9.47 Å². The number of ether oxygens (including phenoxy) is 2. The van der Waals surface area contributed by atoms with Crippen molar-refractivity contribution < 1.29 is 14.3 Å². The van der Waals surface area contributed by atoms with Gasteiger partial charge in [-0.3, -0.25) is 4.79 Å². The summed E-state index contributed by atoms with van der Waals surface area (Å²) in [6.45, 7) is 2.06. The van der Waals surface area contributed by atoms with Crippen LogP contribution in [-0.2, 0) is 0 Å². The zero-order valence-electron chi connectivity index (χ0n) is 11.3. The minimum absolute atomic E-state index is 0.177. The fourth-order valence-electron chi connectivity index (χ4n) is 2.70. The van der Waals surface area contributed by atoms with E-state index in [1.165, 1.54) is 0 Å². The summed E-state index contributed by atoms with van der Waals surface area (Å²) in [6, 6.07) is 5.39. The topological polar surface area (TPSA) is 35.5 Å². The summed E-state index contributed by atoms with van der Waals surface area (Å²) in [5, 5.41) is 0. The van der Waals surface area contributed by atoms with E-state index < -0.39 is 0 Å². The monoisotopic (exact) mass is 248 g/mol. The lowest BCUT2D eigenvalue weighted by molar-refractivity contribution is 0.0820. The van der Waals surface area contributed by atoms with Gasteiger partial charge in [0.15, 0.2) is 5.78 Å². The van der Waals surface area contributed by atoms with Gasteiger partial charge in [-0.1, -0.05) is 19.8 Å². The third-order valence-corrected chi connectivity index (χ3v) is 3.91. The van der Waals surface area contributed by atoms with Crippen molar-refractivity contribution in [2.24, 2.45) is 5.41 Å². The highest BCUT2D eigenvalue weighted by Crippen LogP contribution is 2.42. The molecule has 98 valence electrons. The normalized spacial score (nSPS) is 17.5. The Balaban J connectivity index is 2.39. The molecule has 0 bridgehead atoms. The predicted molar refractivity (Wildman–Crippen MR) is 70.5 cm³/mol. The molecule has 1 aromatic carbocycles. The van der Waals surface area contributed by atoms with Crippen molar-refractivity contribution in [1.82, 2.24) is 0 Å². The molecule has 1 aliphatic rings. The van der Waals surface area contributed by atoms with Gasteiger partial charge in [0.25, 0.3) is 0 Å². The standard InChI is InChI=1S/C15H20O3/c1-15(8-4-5-9-15)14(16)12-10-11(17-2)6-7-13(12)18-3/h6-7,10H,4-5,8-9H2,1-3H3. The van der Waals surface area contributed by atoms with E-state index in [1.807, 2.05) is 6.07 Å². The Hall–Kier alpha value is -1.51. The molecule has 0 unspecified atom stereocenters. The molecule has 2 rings (SSSR count). The Bertz CT molecular complexity index is 445. The molecule has 0 N–H and O–H groups in total. The molecule has 1 aliphatic carbocycles. The SMILES string of the molecule is COc1ccc(OC)c(C(=O)C2(C)CCCC2)c1. The predicted octanol–water partition coefficient (Wildman–Crippen LogP) is 3.47. The van der Waals surface area contributed by atoms with Gasteiger partial charge in [0.05, 0.1) is 19.8 Å². The molecule has 0 radical (unpaired) electrons. The van der Waals surface area contributed by atoms with Crippen LogP contribution in [0.3, 0.4) is 0 Å². The number of Topliss-reactive ketones (excluding diaryl/α,β-unsaturated/α-hetero) is 1. The third kappa shape index (κ3) is 2.22. The molecule has 0 amide bonds. The van der Waals surface area contributed by atoms with Crippen LogP contribution in [0.4, 0.5) is 0 Å². The molecule has 1 saturated carbocycles. The number of benzene rings is 1. The van der Waals surface area contributed by atoms with Crippen LogP contribution in [0.1, 0.15) is 43.0 Å². The van der Waals surface area contributed by atoms with Gasteiger partial charge in [0, 0.05) is 5.41 Å². The molecule has 0 aromatic heterocycles. The fraction of sp³-hybridized carbons (Fsp3) is 0.533. The highest BCUT2D eigenvalue weighted by Gasteiger charge is 2.38.